The molecule has 0 aliphatic heterocycles. The number of nitrogens with zero attached hydrogens (tertiary/aromatic N) is 4. The highest BCUT2D eigenvalue weighted by Crippen LogP contribution is 2.27. The number of hydrogen-bond donors (Lipinski definition) is 1. The maximum atomic E-state index is 8.88. The van der Waals surface area contributed by atoms with Crippen molar-refractivity contribution in [2.45, 2.75) is 0 Å². The number of halogens is 1. The summed E-state index contributed by atoms with van der Waals surface area (Å²) in [6.07, 6.45) is 1.69. The van der Waals surface area contributed by atoms with Gasteiger partial charge in [-0.2, -0.15) is 5.26 Å². The van der Waals surface area contributed by atoms with Crippen molar-refractivity contribution < 1.29 is 0 Å². The Kier molecular flexibility index (Phi) is 2.69. The summed E-state index contributed by atoms with van der Waals surface area (Å²) < 4.78 is 2.52. The average Bonchev–Trinajstić information content (AvgIpc) is 2.75. The summed E-state index contributed by atoms with van der Waals surface area (Å²) in [7, 11) is 0. The Morgan fingerprint density at radius 1 is 1.32 bits per heavy atom. The quantitative estimate of drug-likeness (QED) is 0.749. The Labute approximate surface area is 117 Å². The van der Waals surface area contributed by atoms with E-state index in [4.69, 9.17) is 11.0 Å². The van der Waals surface area contributed by atoms with E-state index in [2.05, 4.69) is 32.0 Å². The molecule has 92 valence electrons. The third-order valence-electron chi connectivity index (χ3n) is 2.76. The van der Waals surface area contributed by atoms with Gasteiger partial charge in [-0.1, -0.05) is 0 Å². The lowest BCUT2D eigenvalue weighted by Crippen LogP contribution is -2.02. The minimum atomic E-state index is 0.360. The molecule has 0 fully saturated rings. The van der Waals surface area contributed by atoms with Gasteiger partial charge in [-0.05, 0) is 46.3 Å². The number of rotatable bonds is 1. The molecule has 0 radical (unpaired) electrons. The van der Waals surface area contributed by atoms with Crippen LogP contribution in [0.1, 0.15) is 5.56 Å². The first-order valence-corrected chi connectivity index (χ1v) is 6.29. The van der Waals surface area contributed by atoms with Crippen molar-refractivity contribution in [3.8, 4) is 11.8 Å². The van der Waals surface area contributed by atoms with E-state index in [1.54, 1.807) is 22.9 Å². The van der Waals surface area contributed by atoms with Crippen LogP contribution < -0.4 is 5.73 Å². The predicted octanol–water partition coefficient (Wildman–Crippen LogP) is 2.64. The highest BCUT2D eigenvalue weighted by Gasteiger charge is 2.13. The van der Waals surface area contributed by atoms with Crippen LogP contribution in [0.2, 0.25) is 0 Å². The van der Waals surface area contributed by atoms with E-state index in [1.165, 1.54) is 0 Å². The lowest BCUT2D eigenvalue weighted by molar-refractivity contribution is 1.08. The molecule has 2 heterocycles. The van der Waals surface area contributed by atoms with Gasteiger partial charge in [-0.25, -0.2) is 9.97 Å². The van der Waals surface area contributed by atoms with Crippen molar-refractivity contribution in [2.75, 3.05) is 5.73 Å². The molecule has 19 heavy (non-hydrogen) atoms. The lowest BCUT2D eigenvalue weighted by Gasteiger charge is -2.08. The zero-order chi connectivity index (χ0) is 13.4. The van der Waals surface area contributed by atoms with Gasteiger partial charge in [-0.3, -0.25) is 4.57 Å². The number of nitrogen functional groups attached to an aromatic ring is 1. The first-order valence-electron chi connectivity index (χ1n) is 5.49. The fourth-order valence-electron chi connectivity index (χ4n) is 1.93. The summed E-state index contributed by atoms with van der Waals surface area (Å²) in [5.41, 5.74) is 8.75. The first kappa shape index (κ1) is 11.7. The van der Waals surface area contributed by atoms with E-state index in [0.29, 0.717) is 17.2 Å². The summed E-state index contributed by atoms with van der Waals surface area (Å²) in [6, 6.07) is 11.0. The Morgan fingerprint density at radius 3 is 2.89 bits per heavy atom. The molecular formula is C13H8BrN5. The number of pyridine rings is 1. The number of aromatic nitrogens is 3. The van der Waals surface area contributed by atoms with E-state index in [-0.39, 0.29) is 0 Å². The Balaban J connectivity index is 2.31. The lowest BCUT2D eigenvalue weighted by atomic mass is 10.2. The van der Waals surface area contributed by atoms with E-state index in [9.17, 15) is 0 Å². The third-order valence-corrected chi connectivity index (χ3v) is 3.39. The molecule has 0 spiro atoms. The fourth-order valence-corrected chi connectivity index (χ4v) is 2.48. The molecular weight excluding hydrogens is 306 g/mol. The van der Waals surface area contributed by atoms with Crippen molar-refractivity contribution in [3.05, 3.63) is 46.6 Å². The molecule has 2 N–H and O–H groups in total. The molecule has 5 nitrogen and oxygen atoms in total. The summed E-state index contributed by atoms with van der Waals surface area (Å²) >= 11 is 3.45. The Bertz CT molecular complexity index is 816. The van der Waals surface area contributed by atoms with Gasteiger partial charge in [0.1, 0.15) is 5.52 Å². The highest BCUT2D eigenvalue weighted by atomic mass is 79.9. The molecule has 1 aromatic carbocycles. The van der Waals surface area contributed by atoms with Crippen LogP contribution in [0.4, 0.5) is 5.95 Å². The van der Waals surface area contributed by atoms with E-state index >= 15 is 0 Å². The van der Waals surface area contributed by atoms with Crippen LogP contribution in [-0.4, -0.2) is 14.5 Å². The molecule has 0 unspecified atom stereocenters. The molecule has 3 rings (SSSR count). The third kappa shape index (κ3) is 1.84. The molecule has 0 bridgehead atoms. The van der Waals surface area contributed by atoms with Gasteiger partial charge >= 0.3 is 0 Å². The zero-order valence-electron chi connectivity index (χ0n) is 9.71. The second-order valence-electron chi connectivity index (χ2n) is 3.93. The van der Waals surface area contributed by atoms with Crippen LogP contribution in [0.5, 0.6) is 0 Å². The molecule has 0 amide bonds. The molecule has 3 aromatic rings. The molecule has 0 saturated heterocycles. The Hall–Kier alpha value is -2.39. The van der Waals surface area contributed by atoms with Gasteiger partial charge in [0, 0.05) is 10.7 Å². The number of nitrogens with two attached hydrogens (primary N) is 1. The van der Waals surface area contributed by atoms with Gasteiger partial charge in [0.05, 0.1) is 17.3 Å². The van der Waals surface area contributed by atoms with Gasteiger partial charge < -0.3 is 5.73 Å². The molecule has 0 saturated carbocycles. The van der Waals surface area contributed by atoms with Crippen LogP contribution in [0, 0.1) is 11.3 Å². The molecule has 0 aliphatic rings. The standard InChI is InChI=1S/C13H8BrN5/c14-9-6-8(7-15)3-4-11(9)19-12-10(18-13(19)16)2-1-5-17-12/h1-6H,(H2,16,18). The number of benzene rings is 1. The van der Waals surface area contributed by atoms with E-state index < -0.39 is 0 Å². The number of imidazole rings is 1. The van der Waals surface area contributed by atoms with Crippen molar-refractivity contribution in [1.82, 2.24) is 14.5 Å². The number of fused-ring (bicyclic) bond motifs is 1. The smallest absolute Gasteiger partial charge is 0.207 e. The van der Waals surface area contributed by atoms with Crippen LogP contribution in [-0.2, 0) is 0 Å². The van der Waals surface area contributed by atoms with Crippen LogP contribution in [0.15, 0.2) is 41.0 Å². The van der Waals surface area contributed by atoms with Gasteiger partial charge in [0.2, 0.25) is 5.95 Å². The first-order chi connectivity index (χ1) is 9.20. The SMILES string of the molecule is N#Cc1ccc(-n2c(N)nc3cccnc32)c(Br)c1. The Morgan fingerprint density at radius 2 is 2.16 bits per heavy atom. The minimum Gasteiger partial charge on any atom is -0.369 e. The van der Waals surface area contributed by atoms with Gasteiger partial charge in [-0.15, -0.1) is 0 Å². The summed E-state index contributed by atoms with van der Waals surface area (Å²) in [6.45, 7) is 0. The summed E-state index contributed by atoms with van der Waals surface area (Å²) in [4.78, 5) is 8.56. The monoisotopic (exact) mass is 313 g/mol. The van der Waals surface area contributed by atoms with Crippen molar-refractivity contribution in [2.24, 2.45) is 0 Å². The van der Waals surface area contributed by atoms with E-state index in [1.807, 2.05) is 18.2 Å². The van der Waals surface area contributed by atoms with Crippen LogP contribution >= 0.6 is 15.9 Å². The topological polar surface area (TPSA) is 80.5 Å². The zero-order valence-corrected chi connectivity index (χ0v) is 11.3. The highest BCUT2D eigenvalue weighted by molar-refractivity contribution is 9.10. The fraction of sp³-hybridized carbons (Fsp3) is 0. The van der Waals surface area contributed by atoms with Crippen LogP contribution in [0.25, 0.3) is 16.9 Å². The average molecular weight is 314 g/mol. The molecule has 0 atom stereocenters. The number of hydrogen-bond acceptors (Lipinski definition) is 4. The molecule has 2 aromatic heterocycles. The van der Waals surface area contributed by atoms with Gasteiger partial charge in [0.25, 0.3) is 0 Å². The molecule has 6 heteroatoms. The summed E-state index contributed by atoms with van der Waals surface area (Å²) in [5.74, 6) is 0.360. The predicted molar refractivity (Wildman–Crippen MR) is 75.7 cm³/mol. The summed E-state index contributed by atoms with van der Waals surface area (Å²) in [5, 5.41) is 8.88. The number of anilines is 1. The second-order valence-corrected chi connectivity index (χ2v) is 4.78. The van der Waals surface area contributed by atoms with Gasteiger partial charge in [0.15, 0.2) is 5.65 Å². The minimum absolute atomic E-state index is 0.360. The maximum absolute atomic E-state index is 8.88. The maximum Gasteiger partial charge on any atom is 0.207 e. The molecule has 0 aliphatic carbocycles. The second kappa shape index (κ2) is 4.37. The van der Waals surface area contributed by atoms with Crippen molar-refractivity contribution in [3.63, 3.8) is 0 Å². The normalized spacial score (nSPS) is 10.5. The van der Waals surface area contributed by atoms with Crippen LogP contribution in [0.3, 0.4) is 0 Å². The van der Waals surface area contributed by atoms with Crippen molar-refractivity contribution >= 4 is 33.0 Å². The largest absolute Gasteiger partial charge is 0.369 e. The van der Waals surface area contributed by atoms with E-state index in [0.717, 1.165) is 15.7 Å². The number of nitriles is 1. The van der Waals surface area contributed by atoms with Crippen molar-refractivity contribution in [1.29, 1.82) is 5.26 Å².